The summed E-state index contributed by atoms with van der Waals surface area (Å²) < 4.78 is 6.67. The molecular weight excluding hydrogens is 216 g/mol. The molecule has 0 radical (unpaired) electrons. The van der Waals surface area contributed by atoms with Gasteiger partial charge in [0.1, 0.15) is 5.15 Å². The standard InChI is InChI=1S/C10H13ClN2O2/c1-12-9(11)6-8(7-10(12)14)13-2-4-15-5-3-13/h6-7H,2-5H2,1H3. The van der Waals surface area contributed by atoms with E-state index in [1.165, 1.54) is 4.57 Å². The molecule has 0 spiro atoms. The third kappa shape index (κ3) is 2.16. The molecule has 0 saturated carbocycles. The lowest BCUT2D eigenvalue weighted by Gasteiger charge is -2.28. The Morgan fingerprint density at radius 1 is 1.33 bits per heavy atom. The highest BCUT2D eigenvalue weighted by Crippen LogP contribution is 2.17. The minimum absolute atomic E-state index is 0.0796. The second-order valence-electron chi connectivity index (χ2n) is 3.53. The lowest BCUT2D eigenvalue weighted by molar-refractivity contribution is 0.122. The largest absolute Gasteiger partial charge is 0.378 e. The molecule has 0 bridgehead atoms. The van der Waals surface area contributed by atoms with Gasteiger partial charge in [-0.3, -0.25) is 4.79 Å². The van der Waals surface area contributed by atoms with Gasteiger partial charge in [0, 0.05) is 31.9 Å². The first-order chi connectivity index (χ1) is 7.18. The maximum Gasteiger partial charge on any atom is 0.253 e. The Hall–Kier alpha value is -1.00. The van der Waals surface area contributed by atoms with Crippen LogP contribution in [0, 0.1) is 0 Å². The fraction of sp³-hybridized carbons (Fsp3) is 0.500. The zero-order chi connectivity index (χ0) is 10.8. The lowest BCUT2D eigenvalue weighted by atomic mass is 10.3. The third-order valence-corrected chi connectivity index (χ3v) is 2.93. The van der Waals surface area contributed by atoms with Gasteiger partial charge in [-0.25, -0.2) is 0 Å². The number of morpholine rings is 1. The van der Waals surface area contributed by atoms with Crippen LogP contribution in [0.1, 0.15) is 0 Å². The molecule has 2 rings (SSSR count). The predicted octanol–water partition coefficient (Wildman–Crippen LogP) is 0.875. The quantitative estimate of drug-likeness (QED) is 0.670. The van der Waals surface area contributed by atoms with E-state index in [0.717, 1.165) is 18.8 Å². The molecule has 1 aliphatic rings. The Morgan fingerprint density at radius 3 is 2.60 bits per heavy atom. The van der Waals surface area contributed by atoms with E-state index in [1.54, 1.807) is 13.1 Å². The van der Waals surface area contributed by atoms with Crippen molar-refractivity contribution in [3.05, 3.63) is 27.6 Å². The Kier molecular flexibility index (Phi) is 2.98. The summed E-state index contributed by atoms with van der Waals surface area (Å²) in [5.74, 6) is 0. The first-order valence-electron chi connectivity index (χ1n) is 4.88. The molecule has 5 heteroatoms. The lowest BCUT2D eigenvalue weighted by Crippen LogP contribution is -2.37. The highest BCUT2D eigenvalue weighted by atomic mass is 35.5. The van der Waals surface area contributed by atoms with Gasteiger partial charge < -0.3 is 14.2 Å². The Bertz CT molecular complexity index is 410. The van der Waals surface area contributed by atoms with Crippen LogP contribution in [-0.2, 0) is 11.8 Å². The molecule has 1 aromatic heterocycles. The van der Waals surface area contributed by atoms with E-state index in [4.69, 9.17) is 16.3 Å². The van der Waals surface area contributed by atoms with E-state index in [9.17, 15) is 4.79 Å². The molecule has 1 fully saturated rings. The molecule has 0 aromatic carbocycles. The van der Waals surface area contributed by atoms with Crippen LogP contribution in [0.25, 0.3) is 0 Å². The average Bonchev–Trinajstić information content (AvgIpc) is 2.26. The number of ether oxygens (including phenoxy) is 1. The van der Waals surface area contributed by atoms with Gasteiger partial charge in [0.25, 0.3) is 5.56 Å². The number of aromatic nitrogens is 1. The summed E-state index contributed by atoms with van der Waals surface area (Å²) in [4.78, 5) is 13.6. The van der Waals surface area contributed by atoms with Crippen molar-refractivity contribution in [3.63, 3.8) is 0 Å². The van der Waals surface area contributed by atoms with Crippen LogP contribution in [0.4, 0.5) is 5.69 Å². The summed E-state index contributed by atoms with van der Waals surface area (Å²) in [6.45, 7) is 3.02. The van der Waals surface area contributed by atoms with Crippen molar-refractivity contribution in [1.82, 2.24) is 4.57 Å². The Morgan fingerprint density at radius 2 is 2.00 bits per heavy atom. The molecular formula is C10H13ClN2O2. The fourth-order valence-electron chi connectivity index (χ4n) is 1.59. The number of hydrogen-bond donors (Lipinski definition) is 0. The van der Waals surface area contributed by atoms with Gasteiger partial charge in [0.15, 0.2) is 0 Å². The van der Waals surface area contributed by atoms with Crippen LogP contribution >= 0.6 is 11.6 Å². The number of hydrogen-bond acceptors (Lipinski definition) is 3. The highest BCUT2D eigenvalue weighted by Gasteiger charge is 2.12. The van der Waals surface area contributed by atoms with Gasteiger partial charge in [0.05, 0.1) is 13.2 Å². The maximum absolute atomic E-state index is 11.5. The van der Waals surface area contributed by atoms with Crippen LogP contribution in [-0.4, -0.2) is 30.9 Å². The monoisotopic (exact) mass is 228 g/mol. The molecule has 1 aromatic rings. The number of rotatable bonds is 1. The summed E-state index contributed by atoms with van der Waals surface area (Å²) >= 11 is 5.94. The first kappa shape index (κ1) is 10.5. The number of halogens is 1. The molecule has 0 amide bonds. The van der Waals surface area contributed by atoms with Gasteiger partial charge in [-0.1, -0.05) is 11.6 Å². The van der Waals surface area contributed by atoms with Crippen LogP contribution in [0.15, 0.2) is 16.9 Å². The van der Waals surface area contributed by atoms with Crippen LogP contribution in [0.5, 0.6) is 0 Å². The smallest absolute Gasteiger partial charge is 0.253 e. The predicted molar refractivity (Wildman–Crippen MR) is 59.7 cm³/mol. The van der Waals surface area contributed by atoms with Crippen LogP contribution in [0.3, 0.4) is 0 Å². The maximum atomic E-state index is 11.5. The highest BCUT2D eigenvalue weighted by molar-refractivity contribution is 6.29. The van der Waals surface area contributed by atoms with Gasteiger partial charge in [-0.05, 0) is 6.07 Å². The summed E-state index contributed by atoms with van der Waals surface area (Å²) in [6, 6.07) is 3.42. The molecule has 2 heterocycles. The van der Waals surface area contributed by atoms with E-state index >= 15 is 0 Å². The third-order valence-electron chi connectivity index (χ3n) is 2.57. The van der Waals surface area contributed by atoms with E-state index in [0.29, 0.717) is 18.4 Å². The molecule has 15 heavy (non-hydrogen) atoms. The zero-order valence-electron chi connectivity index (χ0n) is 8.57. The molecule has 1 aliphatic heterocycles. The van der Waals surface area contributed by atoms with E-state index in [-0.39, 0.29) is 5.56 Å². The normalized spacial score (nSPS) is 16.8. The van der Waals surface area contributed by atoms with Crippen LogP contribution < -0.4 is 10.5 Å². The number of pyridine rings is 1. The second kappa shape index (κ2) is 4.24. The van der Waals surface area contributed by atoms with Crippen molar-refractivity contribution in [2.24, 2.45) is 7.05 Å². The molecule has 1 saturated heterocycles. The van der Waals surface area contributed by atoms with Crippen molar-refractivity contribution in [2.75, 3.05) is 31.2 Å². The minimum Gasteiger partial charge on any atom is -0.378 e. The summed E-state index contributed by atoms with van der Waals surface area (Å²) in [5.41, 5.74) is 0.801. The zero-order valence-corrected chi connectivity index (χ0v) is 9.33. The van der Waals surface area contributed by atoms with Gasteiger partial charge in [-0.15, -0.1) is 0 Å². The molecule has 0 atom stereocenters. The molecule has 0 unspecified atom stereocenters. The van der Waals surface area contributed by atoms with Crippen molar-refractivity contribution >= 4 is 17.3 Å². The fourth-order valence-corrected chi connectivity index (χ4v) is 1.79. The summed E-state index contributed by atoms with van der Waals surface area (Å²) in [6.07, 6.45) is 0. The molecule has 0 aliphatic carbocycles. The number of nitrogens with zero attached hydrogens (tertiary/aromatic N) is 2. The second-order valence-corrected chi connectivity index (χ2v) is 3.92. The van der Waals surface area contributed by atoms with E-state index in [1.807, 2.05) is 6.07 Å². The molecule has 82 valence electrons. The van der Waals surface area contributed by atoms with Gasteiger partial charge >= 0.3 is 0 Å². The number of anilines is 1. The van der Waals surface area contributed by atoms with Crippen molar-refractivity contribution < 1.29 is 4.74 Å². The van der Waals surface area contributed by atoms with Crippen molar-refractivity contribution in [2.45, 2.75) is 0 Å². The van der Waals surface area contributed by atoms with Crippen molar-refractivity contribution in [3.8, 4) is 0 Å². The molecule has 4 nitrogen and oxygen atoms in total. The Balaban J connectivity index is 2.32. The van der Waals surface area contributed by atoms with Crippen LogP contribution in [0.2, 0.25) is 5.15 Å². The first-order valence-corrected chi connectivity index (χ1v) is 5.25. The summed E-state index contributed by atoms with van der Waals surface area (Å²) in [7, 11) is 1.66. The van der Waals surface area contributed by atoms with E-state index in [2.05, 4.69) is 4.90 Å². The van der Waals surface area contributed by atoms with Gasteiger partial charge in [0.2, 0.25) is 0 Å². The minimum atomic E-state index is -0.0796. The SMILES string of the molecule is Cn1c(Cl)cc(N2CCOCC2)cc1=O. The Labute approximate surface area is 93.0 Å². The average molecular weight is 229 g/mol. The molecule has 0 N–H and O–H groups in total. The summed E-state index contributed by atoms with van der Waals surface area (Å²) in [5, 5.41) is 0.462. The van der Waals surface area contributed by atoms with Crippen molar-refractivity contribution in [1.29, 1.82) is 0 Å². The topological polar surface area (TPSA) is 34.5 Å². The van der Waals surface area contributed by atoms with E-state index < -0.39 is 0 Å². The van der Waals surface area contributed by atoms with Gasteiger partial charge in [-0.2, -0.15) is 0 Å².